The quantitative estimate of drug-likeness (QED) is 0.815. The Morgan fingerprint density at radius 1 is 1.40 bits per heavy atom. The lowest BCUT2D eigenvalue weighted by Gasteiger charge is -2.15. The summed E-state index contributed by atoms with van der Waals surface area (Å²) in [7, 11) is 1.92. The standard InChI is InChI=1S/C10H12N4O/c1-14(6-8-2-3-15-7-8)10-12-4-9(11)5-13-10/h2-5,7H,6,11H2,1H3. The van der Waals surface area contributed by atoms with E-state index in [0.717, 1.165) is 5.56 Å². The van der Waals surface area contributed by atoms with Crippen LogP contribution in [0.2, 0.25) is 0 Å². The molecule has 0 radical (unpaired) electrons. The molecule has 0 bridgehead atoms. The summed E-state index contributed by atoms with van der Waals surface area (Å²) in [5, 5.41) is 0. The van der Waals surface area contributed by atoms with Crippen molar-refractivity contribution in [1.29, 1.82) is 0 Å². The Labute approximate surface area is 87.6 Å². The van der Waals surface area contributed by atoms with Crippen LogP contribution in [0.25, 0.3) is 0 Å². The van der Waals surface area contributed by atoms with Gasteiger partial charge in [0.2, 0.25) is 5.95 Å². The predicted octanol–water partition coefficient (Wildman–Crippen LogP) is 1.29. The van der Waals surface area contributed by atoms with Crippen LogP contribution in [-0.4, -0.2) is 17.0 Å². The summed E-state index contributed by atoms with van der Waals surface area (Å²) in [6, 6.07) is 1.91. The highest BCUT2D eigenvalue weighted by Crippen LogP contribution is 2.10. The van der Waals surface area contributed by atoms with E-state index in [0.29, 0.717) is 18.2 Å². The van der Waals surface area contributed by atoms with Crippen LogP contribution in [-0.2, 0) is 6.54 Å². The third kappa shape index (κ3) is 2.25. The maximum atomic E-state index is 5.50. The Kier molecular flexibility index (Phi) is 2.53. The van der Waals surface area contributed by atoms with Gasteiger partial charge >= 0.3 is 0 Å². The maximum absolute atomic E-state index is 5.50. The van der Waals surface area contributed by atoms with Crippen LogP contribution in [0.5, 0.6) is 0 Å². The minimum absolute atomic E-state index is 0.565. The van der Waals surface area contributed by atoms with Crippen LogP contribution in [0, 0.1) is 0 Å². The molecule has 5 heteroatoms. The van der Waals surface area contributed by atoms with Gasteiger partial charge in [-0.25, -0.2) is 9.97 Å². The first kappa shape index (κ1) is 9.51. The van der Waals surface area contributed by atoms with Crippen molar-refractivity contribution in [2.24, 2.45) is 0 Å². The molecule has 15 heavy (non-hydrogen) atoms. The van der Waals surface area contributed by atoms with Gasteiger partial charge < -0.3 is 15.1 Å². The van der Waals surface area contributed by atoms with Gasteiger partial charge in [0.1, 0.15) is 0 Å². The van der Waals surface area contributed by atoms with E-state index < -0.39 is 0 Å². The topological polar surface area (TPSA) is 68.2 Å². The van der Waals surface area contributed by atoms with Gasteiger partial charge in [-0.05, 0) is 6.07 Å². The predicted molar refractivity (Wildman–Crippen MR) is 57.3 cm³/mol. The SMILES string of the molecule is CN(Cc1ccoc1)c1ncc(N)cn1. The fourth-order valence-electron chi connectivity index (χ4n) is 1.26. The molecule has 2 N–H and O–H groups in total. The van der Waals surface area contributed by atoms with Crippen molar-refractivity contribution in [1.82, 2.24) is 9.97 Å². The van der Waals surface area contributed by atoms with Crippen molar-refractivity contribution >= 4 is 11.6 Å². The van der Waals surface area contributed by atoms with Crippen LogP contribution in [0.15, 0.2) is 35.4 Å². The lowest BCUT2D eigenvalue weighted by molar-refractivity contribution is 0.563. The zero-order valence-corrected chi connectivity index (χ0v) is 8.42. The lowest BCUT2D eigenvalue weighted by atomic mass is 10.3. The number of anilines is 2. The first-order valence-electron chi connectivity index (χ1n) is 4.55. The Balaban J connectivity index is 2.08. The van der Waals surface area contributed by atoms with Crippen molar-refractivity contribution in [3.8, 4) is 0 Å². The van der Waals surface area contributed by atoms with Gasteiger partial charge in [-0.3, -0.25) is 0 Å². The Bertz CT molecular complexity index is 409. The second-order valence-corrected chi connectivity index (χ2v) is 3.30. The Morgan fingerprint density at radius 2 is 2.13 bits per heavy atom. The van der Waals surface area contributed by atoms with Crippen LogP contribution >= 0.6 is 0 Å². The van der Waals surface area contributed by atoms with E-state index in [4.69, 9.17) is 10.2 Å². The van der Waals surface area contributed by atoms with Crippen LogP contribution in [0.4, 0.5) is 11.6 Å². The fourth-order valence-corrected chi connectivity index (χ4v) is 1.26. The van der Waals surface area contributed by atoms with E-state index in [1.54, 1.807) is 24.9 Å². The van der Waals surface area contributed by atoms with Crippen molar-refractivity contribution < 1.29 is 4.42 Å². The summed E-state index contributed by atoms with van der Waals surface area (Å²) in [6.07, 6.45) is 6.53. The number of rotatable bonds is 3. The zero-order chi connectivity index (χ0) is 10.7. The summed E-state index contributed by atoms with van der Waals surface area (Å²) in [6.45, 7) is 0.709. The number of hydrogen-bond acceptors (Lipinski definition) is 5. The largest absolute Gasteiger partial charge is 0.472 e. The zero-order valence-electron chi connectivity index (χ0n) is 8.42. The van der Waals surface area contributed by atoms with Gasteiger partial charge in [-0.2, -0.15) is 0 Å². The number of nitrogens with zero attached hydrogens (tertiary/aromatic N) is 3. The first-order chi connectivity index (χ1) is 7.25. The summed E-state index contributed by atoms with van der Waals surface area (Å²) in [5.74, 6) is 0.644. The van der Waals surface area contributed by atoms with Crippen LogP contribution in [0.1, 0.15) is 5.56 Å². The van der Waals surface area contributed by atoms with E-state index in [1.165, 1.54) is 0 Å². The molecule has 0 unspecified atom stereocenters. The van der Waals surface area contributed by atoms with Gasteiger partial charge in [0, 0.05) is 19.2 Å². The fraction of sp³-hybridized carbons (Fsp3) is 0.200. The average molecular weight is 204 g/mol. The first-order valence-corrected chi connectivity index (χ1v) is 4.55. The molecule has 0 saturated carbocycles. The van der Waals surface area contributed by atoms with Gasteiger partial charge in [0.15, 0.2) is 0 Å². The van der Waals surface area contributed by atoms with Crippen molar-refractivity contribution in [2.45, 2.75) is 6.54 Å². The summed E-state index contributed by atoms with van der Waals surface area (Å²) in [5.41, 5.74) is 7.15. The highest BCUT2D eigenvalue weighted by molar-refractivity contribution is 5.37. The molecule has 0 aliphatic heterocycles. The van der Waals surface area contributed by atoms with Crippen LogP contribution < -0.4 is 10.6 Å². The minimum Gasteiger partial charge on any atom is -0.472 e. The summed E-state index contributed by atoms with van der Waals surface area (Å²) in [4.78, 5) is 10.2. The molecule has 0 atom stereocenters. The molecule has 0 aromatic carbocycles. The molecular formula is C10H12N4O. The number of hydrogen-bond donors (Lipinski definition) is 1. The van der Waals surface area contributed by atoms with Crippen molar-refractivity contribution in [2.75, 3.05) is 17.7 Å². The molecule has 0 aliphatic carbocycles. The van der Waals surface area contributed by atoms with Crippen molar-refractivity contribution in [3.05, 3.63) is 36.5 Å². The highest BCUT2D eigenvalue weighted by atomic mass is 16.3. The van der Waals surface area contributed by atoms with Crippen LogP contribution in [0.3, 0.4) is 0 Å². The van der Waals surface area contributed by atoms with E-state index in [-0.39, 0.29) is 0 Å². The van der Waals surface area contributed by atoms with Gasteiger partial charge in [-0.1, -0.05) is 0 Å². The third-order valence-electron chi connectivity index (χ3n) is 2.00. The van der Waals surface area contributed by atoms with E-state index in [2.05, 4.69) is 9.97 Å². The molecule has 0 spiro atoms. The molecule has 0 aliphatic rings. The molecule has 78 valence electrons. The molecule has 2 heterocycles. The smallest absolute Gasteiger partial charge is 0.225 e. The van der Waals surface area contributed by atoms with Crippen molar-refractivity contribution in [3.63, 3.8) is 0 Å². The van der Waals surface area contributed by atoms with E-state index >= 15 is 0 Å². The lowest BCUT2D eigenvalue weighted by Crippen LogP contribution is -2.18. The van der Waals surface area contributed by atoms with Gasteiger partial charge in [0.25, 0.3) is 0 Å². The van der Waals surface area contributed by atoms with E-state index in [9.17, 15) is 0 Å². The number of nitrogens with two attached hydrogens (primary N) is 1. The number of nitrogen functional groups attached to an aromatic ring is 1. The molecule has 2 aromatic rings. The van der Waals surface area contributed by atoms with Gasteiger partial charge in [0.05, 0.1) is 30.6 Å². The minimum atomic E-state index is 0.565. The second kappa shape index (κ2) is 4.00. The molecular weight excluding hydrogens is 192 g/mol. The average Bonchev–Trinajstić information content (AvgIpc) is 2.71. The maximum Gasteiger partial charge on any atom is 0.225 e. The molecule has 2 aromatic heterocycles. The molecule has 2 rings (SSSR count). The Hall–Kier alpha value is -2.04. The highest BCUT2D eigenvalue weighted by Gasteiger charge is 2.05. The molecule has 5 nitrogen and oxygen atoms in total. The number of aromatic nitrogens is 2. The normalized spacial score (nSPS) is 10.2. The third-order valence-corrected chi connectivity index (χ3v) is 2.00. The molecule has 0 saturated heterocycles. The Morgan fingerprint density at radius 3 is 2.73 bits per heavy atom. The monoisotopic (exact) mass is 204 g/mol. The molecule has 0 fully saturated rings. The van der Waals surface area contributed by atoms with Gasteiger partial charge in [-0.15, -0.1) is 0 Å². The summed E-state index contributed by atoms with van der Waals surface area (Å²) < 4.78 is 4.98. The van der Waals surface area contributed by atoms with E-state index in [1.807, 2.05) is 18.0 Å². The number of furan rings is 1. The summed E-state index contributed by atoms with van der Waals surface area (Å²) >= 11 is 0. The second-order valence-electron chi connectivity index (χ2n) is 3.30. The molecule has 0 amide bonds.